The number of fused-ring (bicyclic) bond motifs is 1. The van der Waals surface area contributed by atoms with Crippen molar-refractivity contribution in [2.75, 3.05) is 38.5 Å². The first kappa shape index (κ1) is 27.2. The fourth-order valence-corrected chi connectivity index (χ4v) is 6.03. The van der Waals surface area contributed by atoms with Gasteiger partial charge in [0.1, 0.15) is 17.3 Å². The van der Waals surface area contributed by atoms with E-state index in [1.165, 1.54) is 0 Å². The molecule has 4 aromatic rings. The largest absolute Gasteiger partial charge is 0.497 e. The molecule has 1 saturated carbocycles. The molecule has 0 spiro atoms. The number of methoxy groups -OCH3 is 2. The van der Waals surface area contributed by atoms with E-state index in [1.54, 1.807) is 14.2 Å². The number of nitrogens with zero attached hydrogens (tertiary/aromatic N) is 3. The number of benzene rings is 3. The second-order valence-corrected chi connectivity index (χ2v) is 10.7. The third kappa shape index (κ3) is 5.26. The highest BCUT2D eigenvalue weighted by Crippen LogP contribution is 2.51. The van der Waals surface area contributed by atoms with E-state index >= 15 is 0 Å². The van der Waals surface area contributed by atoms with Crippen LogP contribution in [0.15, 0.2) is 72.8 Å². The molecule has 1 aliphatic carbocycles. The van der Waals surface area contributed by atoms with Gasteiger partial charge in [-0.05, 0) is 73.2 Å². The summed E-state index contributed by atoms with van der Waals surface area (Å²) in [5.41, 5.74) is 8.47. The molecule has 1 amide bonds. The van der Waals surface area contributed by atoms with Crippen molar-refractivity contribution in [1.29, 1.82) is 0 Å². The van der Waals surface area contributed by atoms with Gasteiger partial charge < -0.3 is 25.4 Å². The Hall–Kier alpha value is -4.33. The summed E-state index contributed by atoms with van der Waals surface area (Å²) in [5.74, 6) is 2.52. The molecular weight excluding hydrogens is 502 g/mol. The zero-order valence-corrected chi connectivity index (χ0v) is 23.6. The van der Waals surface area contributed by atoms with Crippen LogP contribution in [0.1, 0.15) is 42.7 Å². The van der Waals surface area contributed by atoms with E-state index in [0.717, 1.165) is 52.2 Å². The maximum atomic E-state index is 13.4. The average Bonchev–Trinajstić information content (AvgIpc) is 2.98. The van der Waals surface area contributed by atoms with Crippen LogP contribution >= 0.6 is 0 Å². The molecule has 8 heteroatoms. The number of nitrogens with one attached hydrogen (secondary N) is 1. The summed E-state index contributed by atoms with van der Waals surface area (Å²) < 4.78 is 10.8. The standard InChI is InChI=1S/C32H37N5O3/c1-37(2)29-26-7-5-6-8-27(26)35-31(36-29)34-23-17-19-32(20-18-23,30(33)38)28(21-9-13-24(39-3)14-10-21)22-11-15-25(40-4)16-12-22/h5-16,23,28H,17-20H2,1-4H3,(H2,33,38)(H,34,35,36)/t23-,32+. The molecule has 1 heterocycles. The van der Waals surface area contributed by atoms with Crippen LogP contribution in [0.5, 0.6) is 11.5 Å². The number of carbonyl (C=O) groups is 1. The van der Waals surface area contributed by atoms with Crippen LogP contribution in [-0.4, -0.2) is 50.2 Å². The number of carbonyl (C=O) groups excluding carboxylic acids is 1. The Morgan fingerprint density at radius 1 is 0.900 bits per heavy atom. The summed E-state index contributed by atoms with van der Waals surface area (Å²) >= 11 is 0. The van der Waals surface area contributed by atoms with Crippen molar-refractivity contribution in [2.45, 2.75) is 37.6 Å². The number of primary amides is 1. The lowest BCUT2D eigenvalue weighted by molar-refractivity contribution is -0.130. The third-order valence-corrected chi connectivity index (χ3v) is 8.16. The Morgan fingerprint density at radius 2 is 1.45 bits per heavy atom. The van der Waals surface area contributed by atoms with Crippen molar-refractivity contribution in [3.05, 3.63) is 83.9 Å². The first-order valence-corrected chi connectivity index (χ1v) is 13.6. The number of aromatic nitrogens is 2. The molecule has 3 N–H and O–H groups in total. The molecule has 40 heavy (non-hydrogen) atoms. The maximum Gasteiger partial charge on any atom is 0.225 e. The number of hydrogen-bond acceptors (Lipinski definition) is 7. The van der Waals surface area contributed by atoms with Crippen molar-refractivity contribution in [3.8, 4) is 11.5 Å². The molecule has 0 unspecified atom stereocenters. The molecule has 5 rings (SSSR count). The van der Waals surface area contributed by atoms with E-state index < -0.39 is 5.41 Å². The van der Waals surface area contributed by atoms with Crippen LogP contribution in [0.3, 0.4) is 0 Å². The van der Waals surface area contributed by atoms with E-state index in [0.29, 0.717) is 18.8 Å². The Morgan fingerprint density at radius 3 is 1.95 bits per heavy atom. The van der Waals surface area contributed by atoms with Crippen molar-refractivity contribution in [3.63, 3.8) is 0 Å². The van der Waals surface area contributed by atoms with Gasteiger partial charge in [-0.15, -0.1) is 0 Å². The predicted octanol–water partition coefficient (Wildman–Crippen LogP) is 5.37. The molecular formula is C32H37N5O3. The fraction of sp³-hybridized carbons (Fsp3) is 0.344. The molecule has 0 atom stereocenters. The lowest BCUT2D eigenvalue weighted by Gasteiger charge is -2.44. The Kier molecular flexibility index (Phi) is 7.78. The molecule has 0 aliphatic heterocycles. The van der Waals surface area contributed by atoms with Gasteiger partial charge in [0.2, 0.25) is 11.9 Å². The summed E-state index contributed by atoms with van der Waals surface area (Å²) in [7, 11) is 7.27. The molecule has 1 aromatic heterocycles. The number of rotatable bonds is 9. The summed E-state index contributed by atoms with van der Waals surface area (Å²) in [6, 6.07) is 24.0. The van der Waals surface area contributed by atoms with Crippen LogP contribution in [0, 0.1) is 5.41 Å². The number of hydrogen-bond donors (Lipinski definition) is 2. The predicted molar refractivity (Wildman–Crippen MR) is 159 cm³/mol. The molecule has 0 bridgehead atoms. The van der Waals surface area contributed by atoms with Crippen molar-refractivity contribution in [2.24, 2.45) is 11.1 Å². The highest BCUT2D eigenvalue weighted by atomic mass is 16.5. The SMILES string of the molecule is COc1ccc(C(c2ccc(OC)cc2)[C@]2(C(N)=O)CC[C@@H](Nc3nc(N(C)C)c4ccccc4n3)CC2)cc1. The van der Waals surface area contributed by atoms with Gasteiger partial charge in [-0.3, -0.25) is 4.79 Å². The van der Waals surface area contributed by atoms with Gasteiger partial charge >= 0.3 is 0 Å². The van der Waals surface area contributed by atoms with Gasteiger partial charge in [0.15, 0.2) is 0 Å². The first-order valence-electron chi connectivity index (χ1n) is 13.6. The molecule has 0 radical (unpaired) electrons. The van der Waals surface area contributed by atoms with E-state index in [4.69, 9.17) is 25.2 Å². The van der Waals surface area contributed by atoms with Crippen LogP contribution in [0.2, 0.25) is 0 Å². The topological polar surface area (TPSA) is 103 Å². The van der Waals surface area contributed by atoms with Gasteiger partial charge in [0, 0.05) is 31.4 Å². The molecule has 3 aromatic carbocycles. The molecule has 208 valence electrons. The monoisotopic (exact) mass is 539 g/mol. The maximum absolute atomic E-state index is 13.4. The van der Waals surface area contributed by atoms with Crippen LogP contribution in [-0.2, 0) is 4.79 Å². The van der Waals surface area contributed by atoms with Gasteiger partial charge in [-0.1, -0.05) is 36.4 Å². The Balaban J connectivity index is 1.45. The minimum absolute atomic E-state index is 0.121. The summed E-state index contributed by atoms with van der Waals surface area (Å²) in [6.45, 7) is 0. The quantitative estimate of drug-likeness (QED) is 0.295. The second kappa shape index (κ2) is 11.4. The summed E-state index contributed by atoms with van der Waals surface area (Å²) in [4.78, 5) is 25.0. The fourth-order valence-electron chi connectivity index (χ4n) is 6.03. The average molecular weight is 540 g/mol. The second-order valence-electron chi connectivity index (χ2n) is 10.7. The number of anilines is 2. The summed E-state index contributed by atoms with van der Waals surface area (Å²) in [6.07, 6.45) is 2.80. The number of amides is 1. The van der Waals surface area contributed by atoms with Gasteiger partial charge in [-0.2, -0.15) is 4.98 Å². The molecule has 8 nitrogen and oxygen atoms in total. The van der Waals surface area contributed by atoms with E-state index in [1.807, 2.05) is 91.8 Å². The van der Waals surface area contributed by atoms with Gasteiger partial charge in [-0.25, -0.2) is 4.98 Å². The molecule has 1 fully saturated rings. The highest BCUT2D eigenvalue weighted by Gasteiger charge is 2.48. The minimum atomic E-state index is -0.750. The zero-order valence-electron chi connectivity index (χ0n) is 23.6. The van der Waals surface area contributed by atoms with Crippen molar-refractivity contribution < 1.29 is 14.3 Å². The number of ether oxygens (including phenoxy) is 2. The van der Waals surface area contributed by atoms with E-state index in [2.05, 4.69) is 5.32 Å². The number of nitrogens with two attached hydrogens (primary N) is 1. The minimum Gasteiger partial charge on any atom is -0.497 e. The first-order chi connectivity index (χ1) is 19.3. The Bertz CT molecular complexity index is 1420. The molecule has 0 saturated heterocycles. The van der Waals surface area contributed by atoms with Crippen LogP contribution in [0.4, 0.5) is 11.8 Å². The number of para-hydroxylation sites is 1. The third-order valence-electron chi connectivity index (χ3n) is 8.16. The van der Waals surface area contributed by atoms with Crippen LogP contribution < -0.4 is 25.4 Å². The van der Waals surface area contributed by atoms with E-state index in [-0.39, 0.29) is 17.9 Å². The van der Waals surface area contributed by atoms with Gasteiger partial charge in [0.25, 0.3) is 0 Å². The van der Waals surface area contributed by atoms with Crippen LogP contribution in [0.25, 0.3) is 10.9 Å². The lowest BCUT2D eigenvalue weighted by atomic mass is 9.60. The van der Waals surface area contributed by atoms with E-state index in [9.17, 15) is 4.79 Å². The lowest BCUT2D eigenvalue weighted by Crippen LogP contribution is -2.47. The Labute approximate surface area is 235 Å². The van der Waals surface area contributed by atoms with Crippen molar-refractivity contribution in [1.82, 2.24) is 9.97 Å². The zero-order chi connectivity index (χ0) is 28.3. The molecule has 1 aliphatic rings. The normalized spacial score (nSPS) is 18.9. The smallest absolute Gasteiger partial charge is 0.225 e. The highest BCUT2D eigenvalue weighted by molar-refractivity contribution is 5.90. The van der Waals surface area contributed by atoms with Crippen molar-refractivity contribution >= 4 is 28.6 Å². The summed E-state index contributed by atoms with van der Waals surface area (Å²) in [5, 5.41) is 4.57. The van der Waals surface area contributed by atoms with Gasteiger partial charge in [0.05, 0.1) is 25.2 Å².